The average Bonchev–Trinajstić information content (AvgIpc) is 3.01. The number of nitrogens with one attached hydrogen (secondary N) is 1. The molecule has 2 aromatic rings. The van der Waals surface area contributed by atoms with E-state index in [-0.39, 0.29) is 11.9 Å². The number of likely N-dealkylation sites (tertiary alicyclic amines) is 1. The molecule has 1 amide bonds. The van der Waals surface area contributed by atoms with Gasteiger partial charge in [0, 0.05) is 26.2 Å². The molecule has 1 aromatic heterocycles. The number of piperidine rings is 1. The van der Waals surface area contributed by atoms with Crippen LogP contribution in [0, 0.1) is 6.92 Å². The van der Waals surface area contributed by atoms with Crippen molar-refractivity contribution in [2.75, 3.05) is 20.1 Å². The van der Waals surface area contributed by atoms with Gasteiger partial charge < -0.3 is 9.88 Å². The minimum Gasteiger partial charge on any atom is -0.338 e. The normalized spacial score (nSPS) is 18.8. The maximum absolute atomic E-state index is 12.6. The van der Waals surface area contributed by atoms with Crippen LogP contribution in [0.3, 0.4) is 0 Å². The molecule has 1 aliphatic rings. The molecule has 2 heterocycles. The first-order valence-corrected chi connectivity index (χ1v) is 8.18. The lowest BCUT2D eigenvalue weighted by molar-refractivity contribution is 0.0604. The number of benzene rings is 1. The molecular weight excluding hydrogens is 288 g/mol. The van der Waals surface area contributed by atoms with Gasteiger partial charge in [0.2, 0.25) is 0 Å². The zero-order chi connectivity index (χ0) is 16.2. The quantitative estimate of drug-likeness (QED) is 0.943. The number of hydrogen-bond acceptors (Lipinski definition) is 3. The van der Waals surface area contributed by atoms with Gasteiger partial charge in [-0.25, -0.2) is 4.98 Å². The van der Waals surface area contributed by atoms with Crippen molar-refractivity contribution in [3.8, 4) is 0 Å². The van der Waals surface area contributed by atoms with E-state index in [1.54, 1.807) is 6.20 Å². The van der Waals surface area contributed by atoms with Crippen LogP contribution in [0.5, 0.6) is 0 Å². The van der Waals surface area contributed by atoms with Crippen LogP contribution in [-0.2, 0) is 6.54 Å². The van der Waals surface area contributed by atoms with E-state index in [9.17, 15) is 4.79 Å². The number of carbonyl (C=O) groups excluding carboxylic acids is 1. The molecule has 1 unspecified atom stereocenters. The Morgan fingerprint density at radius 1 is 1.39 bits per heavy atom. The fourth-order valence-corrected chi connectivity index (χ4v) is 3.22. The largest absolute Gasteiger partial charge is 0.338 e. The number of aromatic nitrogens is 2. The minimum absolute atomic E-state index is 0.0251. The van der Waals surface area contributed by atoms with Crippen molar-refractivity contribution in [3.63, 3.8) is 0 Å². The van der Waals surface area contributed by atoms with Crippen molar-refractivity contribution < 1.29 is 4.79 Å². The first-order chi connectivity index (χ1) is 11.1. The van der Waals surface area contributed by atoms with Crippen molar-refractivity contribution in [1.82, 2.24) is 19.8 Å². The van der Waals surface area contributed by atoms with Crippen LogP contribution in [0.4, 0.5) is 0 Å². The van der Waals surface area contributed by atoms with Crippen LogP contribution in [0.15, 0.2) is 36.5 Å². The number of carbonyl (C=O) groups is 1. The Morgan fingerprint density at radius 3 is 2.87 bits per heavy atom. The summed E-state index contributed by atoms with van der Waals surface area (Å²) in [5.41, 5.74) is 1.90. The summed E-state index contributed by atoms with van der Waals surface area (Å²) >= 11 is 0. The monoisotopic (exact) mass is 312 g/mol. The zero-order valence-electron chi connectivity index (χ0n) is 13.8. The molecule has 1 aliphatic heterocycles. The van der Waals surface area contributed by atoms with Crippen LogP contribution >= 0.6 is 0 Å². The van der Waals surface area contributed by atoms with Gasteiger partial charge in [0.25, 0.3) is 5.91 Å². The third-order valence-corrected chi connectivity index (χ3v) is 4.53. The van der Waals surface area contributed by atoms with Crippen molar-refractivity contribution in [2.45, 2.75) is 32.4 Å². The van der Waals surface area contributed by atoms with Gasteiger partial charge in [-0.3, -0.25) is 9.69 Å². The SMILES string of the molecule is Cc1ncc(C(=O)N(C)C2CCCN(Cc3ccccc3)C2)[nH]1. The molecule has 5 heteroatoms. The van der Waals surface area contributed by atoms with Gasteiger partial charge in [0.05, 0.1) is 6.20 Å². The summed E-state index contributed by atoms with van der Waals surface area (Å²) in [6, 6.07) is 10.8. The van der Waals surface area contributed by atoms with Gasteiger partial charge in [-0.05, 0) is 31.9 Å². The smallest absolute Gasteiger partial charge is 0.271 e. The Labute approximate surface area is 137 Å². The van der Waals surface area contributed by atoms with E-state index in [0.717, 1.165) is 38.3 Å². The van der Waals surface area contributed by atoms with Crippen LogP contribution in [0.2, 0.25) is 0 Å². The molecule has 23 heavy (non-hydrogen) atoms. The second-order valence-electron chi connectivity index (χ2n) is 6.32. The summed E-state index contributed by atoms with van der Waals surface area (Å²) in [7, 11) is 1.90. The molecular formula is C18H24N4O. The van der Waals surface area contributed by atoms with Crippen molar-refractivity contribution in [1.29, 1.82) is 0 Å². The Bertz CT molecular complexity index is 652. The number of rotatable bonds is 4. The Balaban J connectivity index is 1.62. The Kier molecular flexibility index (Phi) is 4.76. The first-order valence-electron chi connectivity index (χ1n) is 8.18. The first kappa shape index (κ1) is 15.7. The topological polar surface area (TPSA) is 52.2 Å². The van der Waals surface area contributed by atoms with Crippen molar-refractivity contribution >= 4 is 5.91 Å². The summed E-state index contributed by atoms with van der Waals surface area (Å²) in [6.07, 6.45) is 3.80. The van der Waals surface area contributed by atoms with Crippen LogP contribution in [0.25, 0.3) is 0 Å². The summed E-state index contributed by atoms with van der Waals surface area (Å²) < 4.78 is 0. The number of aromatic amines is 1. The van der Waals surface area contributed by atoms with Gasteiger partial charge >= 0.3 is 0 Å². The van der Waals surface area contributed by atoms with Crippen molar-refractivity contribution in [3.05, 3.63) is 53.6 Å². The molecule has 1 aromatic carbocycles. The highest BCUT2D eigenvalue weighted by Crippen LogP contribution is 2.18. The van der Waals surface area contributed by atoms with E-state index in [1.165, 1.54) is 5.56 Å². The predicted octanol–water partition coefficient (Wildman–Crippen LogP) is 2.45. The van der Waals surface area contributed by atoms with Gasteiger partial charge in [-0.1, -0.05) is 30.3 Å². The summed E-state index contributed by atoms with van der Waals surface area (Å²) in [6.45, 7) is 4.82. The zero-order valence-corrected chi connectivity index (χ0v) is 13.8. The van der Waals surface area contributed by atoms with E-state index in [2.05, 4.69) is 39.1 Å². The highest BCUT2D eigenvalue weighted by Gasteiger charge is 2.27. The lowest BCUT2D eigenvalue weighted by Gasteiger charge is -2.37. The fraction of sp³-hybridized carbons (Fsp3) is 0.444. The van der Waals surface area contributed by atoms with Gasteiger partial charge in [-0.2, -0.15) is 0 Å². The molecule has 3 rings (SSSR count). The molecule has 1 saturated heterocycles. The van der Waals surface area contributed by atoms with E-state index in [0.29, 0.717) is 5.69 Å². The number of amides is 1. The minimum atomic E-state index is 0.0251. The van der Waals surface area contributed by atoms with E-state index < -0.39 is 0 Å². The van der Waals surface area contributed by atoms with E-state index >= 15 is 0 Å². The molecule has 1 N–H and O–H groups in total. The summed E-state index contributed by atoms with van der Waals surface area (Å²) in [5, 5.41) is 0. The molecule has 5 nitrogen and oxygen atoms in total. The number of aryl methyl sites for hydroxylation is 1. The van der Waals surface area contributed by atoms with Gasteiger partial charge in [-0.15, -0.1) is 0 Å². The number of imidazole rings is 1. The van der Waals surface area contributed by atoms with Crippen LogP contribution in [0.1, 0.15) is 34.7 Å². The number of hydrogen-bond donors (Lipinski definition) is 1. The van der Waals surface area contributed by atoms with Crippen LogP contribution < -0.4 is 0 Å². The third-order valence-electron chi connectivity index (χ3n) is 4.53. The number of H-pyrrole nitrogens is 1. The molecule has 0 spiro atoms. The van der Waals surface area contributed by atoms with E-state index in [1.807, 2.05) is 24.9 Å². The lowest BCUT2D eigenvalue weighted by Crippen LogP contribution is -2.48. The summed E-state index contributed by atoms with van der Waals surface area (Å²) in [5.74, 6) is 0.799. The molecule has 0 aliphatic carbocycles. The number of nitrogens with zero attached hydrogens (tertiary/aromatic N) is 3. The second-order valence-corrected chi connectivity index (χ2v) is 6.32. The molecule has 0 saturated carbocycles. The average molecular weight is 312 g/mol. The van der Waals surface area contributed by atoms with Crippen molar-refractivity contribution in [2.24, 2.45) is 0 Å². The Morgan fingerprint density at radius 2 is 2.17 bits per heavy atom. The molecule has 0 radical (unpaired) electrons. The fourth-order valence-electron chi connectivity index (χ4n) is 3.22. The second kappa shape index (κ2) is 6.96. The van der Waals surface area contributed by atoms with E-state index in [4.69, 9.17) is 0 Å². The van der Waals surface area contributed by atoms with Crippen LogP contribution in [-0.4, -0.2) is 51.9 Å². The molecule has 0 bridgehead atoms. The molecule has 122 valence electrons. The van der Waals surface area contributed by atoms with Gasteiger partial charge in [0.15, 0.2) is 0 Å². The maximum Gasteiger partial charge on any atom is 0.271 e. The van der Waals surface area contributed by atoms with Gasteiger partial charge in [0.1, 0.15) is 11.5 Å². The Hall–Kier alpha value is -2.14. The molecule has 1 fully saturated rings. The lowest BCUT2D eigenvalue weighted by atomic mass is 10.0. The highest BCUT2D eigenvalue weighted by molar-refractivity contribution is 5.92. The maximum atomic E-state index is 12.6. The third kappa shape index (κ3) is 3.79. The predicted molar refractivity (Wildman–Crippen MR) is 90.2 cm³/mol. The highest BCUT2D eigenvalue weighted by atomic mass is 16.2. The molecule has 1 atom stereocenters. The standard InChI is InChI=1S/C18H24N4O/c1-14-19-11-17(20-14)18(23)21(2)16-9-6-10-22(13-16)12-15-7-4-3-5-8-15/h3-5,7-8,11,16H,6,9-10,12-13H2,1-2H3,(H,19,20). The summed E-state index contributed by atoms with van der Waals surface area (Å²) in [4.78, 5) is 24.0. The number of likely N-dealkylation sites (N-methyl/N-ethyl adjacent to an activating group) is 1.